The second kappa shape index (κ2) is 5.61. The molecule has 3 N–H and O–H groups in total. The zero-order valence-electron chi connectivity index (χ0n) is 10.2. The normalized spacial score (nSPS) is 18.3. The molecule has 2 unspecified atom stereocenters. The van der Waals surface area contributed by atoms with E-state index in [-0.39, 0.29) is 18.8 Å². The fourth-order valence-corrected chi connectivity index (χ4v) is 2.34. The summed E-state index contributed by atoms with van der Waals surface area (Å²) in [6.07, 6.45) is 0.360. The molecule has 0 saturated heterocycles. The van der Waals surface area contributed by atoms with Gasteiger partial charge in [-0.15, -0.1) is 0 Å². The molecule has 0 saturated carbocycles. The van der Waals surface area contributed by atoms with Crippen LogP contribution >= 0.6 is 0 Å². The Kier molecular flexibility index (Phi) is 4.11. The zero-order chi connectivity index (χ0) is 13.1. The third-order valence-corrected chi connectivity index (χ3v) is 3.42. The molecule has 0 fully saturated rings. The van der Waals surface area contributed by atoms with Crippen molar-refractivity contribution in [2.75, 3.05) is 6.61 Å². The van der Waals surface area contributed by atoms with Crippen molar-refractivity contribution < 1.29 is 20.1 Å². The molecule has 0 radical (unpaired) electrons. The Morgan fingerprint density at radius 2 is 2.00 bits per heavy atom. The second-order valence-electron chi connectivity index (χ2n) is 4.72. The summed E-state index contributed by atoms with van der Waals surface area (Å²) in [6.45, 7) is -0.178. The Hall–Kier alpha value is -1.23. The Bertz CT molecular complexity index is 441. The molecule has 4 nitrogen and oxygen atoms in total. The van der Waals surface area contributed by atoms with E-state index in [9.17, 15) is 15.0 Å². The second-order valence-corrected chi connectivity index (χ2v) is 4.72. The van der Waals surface area contributed by atoms with Crippen molar-refractivity contribution in [1.29, 1.82) is 0 Å². The topological polar surface area (TPSA) is 77.8 Å². The summed E-state index contributed by atoms with van der Waals surface area (Å²) in [6, 6.07) is 5.25. The van der Waals surface area contributed by atoms with Gasteiger partial charge in [-0.1, -0.05) is 12.1 Å². The molecule has 1 aromatic rings. The standard InChI is InChI=1S/C14H18O4/c15-7-6-13(17)14(18)10-5-4-9-2-1-3-12(16)11(9)8-10/h4-5,8,13-15,17-18H,1-3,6-7H2. The summed E-state index contributed by atoms with van der Waals surface area (Å²) in [5.41, 5.74) is 2.21. The number of Topliss-reactive ketones (excluding diaryl/α,β-unsaturated/α-hetero) is 1. The highest BCUT2D eigenvalue weighted by atomic mass is 16.3. The highest BCUT2D eigenvalue weighted by molar-refractivity contribution is 5.98. The first-order chi connectivity index (χ1) is 8.63. The summed E-state index contributed by atoms with van der Waals surface area (Å²) in [4.78, 5) is 11.8. The number of carbonyl (C=O) groups is 1. The molecule has 98 valence electrons. The fraction of sp³-hybridized carbons (Fsp3) is 0.500. The van der Waals surface area contributed by atoms with Crippen LogP contribution in [0.2, 0.25) is 0 Å². The van der Waals surface area contributed by atoms with Gasteiger partial charge in [-0.2, -0.15) is 0 Å². The molecule has 0 amide bonds. The molecule has 18 heavy (non-hydrogen) atoms. The average molecular weight is 250 g/mol. The van der Waals surface area contributed by atoms with Crippen molar-refractivity contribution in [3.8, 4) is 0 Å². The Balaban J connectivity index is 2.25. The summed E-state index contributed by atoms with van der Waals surface area (Å²) < 4.78 is 0. The minimum Gasteiger partial charge on any atom is -0.396 e. The zero-order valence-corrected chi connectivity index (χ0v) is 10.2. The third kappa shape index (κ3) is 2.61. The highest BCUT2D eigenvalue weighted by Crippen LogP contribution is 2.26. The molecule has 0 spiro atoms. The van der Waals surface area contributed by atoms with Gasteiger partial charge in [0.05, 0.1) is 6.10 Å². The first-order valence-corrected chi connectivity index (χ1v) is 6.26. The average Bonchev–Trinajstić information content (AvgIpc) is 2.38. The van der Waals surface area contributed by atoms with Crippen LogP contribution < -0.4 is 0 Å². The van der Waals surface area contributed by atoms with Crippen LogP contribution in [0.1, 0.15) is 46.9 Å². The Labute approximate surface area is 106 Å². The minimum absolute atomic E-state index is 0.0990. The minimum atomic E-state index is -1.06. The lowest BCUT2D eigenvalue weighted by molar-refractivity contribution is 0.00417. The van der Waals surface area contributed by atoms with Gasteiger partial charge in [0.1, 0.15) is 6.10 Å². The highest BCUT2D eigenvalue weighted by Gasteiger charge is 2.22. The van der Waals surface area contributed by atoms with E-state index in [2.05, 4.69) is 0 Å². The summed E-state index contributed by atoms with van der Waals surface area (Å²) in [5, 5.41) is 28.3. The van der Waals surface area contributed by atoms with Crippen LogP contribution in [-0.4, -0.2) is 33.8 Å². The van der Waals surface area contributed by atoms with Crippen LogP contribution in [-0.2, 0) is 6.42 Å². The molecule has 1 aliphatic carbocycles. The third-order valence-electron chi connectivity index (χ3n) is 3.42. The van der Waals surface area contributed by atoms with Crippen molar-refractivity contribution in [2.45, 2.75) is 37.9 Å². The van der Waals surface area contributed by atoms with Gasteiger partial charge in [-0.25, -0.2) is 0 Å². The summed E-state index contributed by atoms with van der Waals surface area (Å²) >= 11 is 0. The summed E-state index contributed by atoms with van der Waals surface area (Å²) in [7, 11) is 0. The van der Waals surface area contributed by atoms with E-state index in [0.29, 0.717) is 17.5 Å². The number of benzene rings is 1. The maximum Gasteiger partial charge on any atom is 0.163 e. The lowest BCUT2D eigenvalue weighted by Gasteiger charge is -2.20. The van der Waals surface area contributed by atoms with Crippen molar-refractivity contribution in [2.24, 2.45) is 0 Å². The number of aryl methyl sites for hydroxylation is 1. The van der Waals surface area contributed by atoms with Gasteiger partial charge >= 0.3 is 0 Å². The number of ketones is 1. The van der Waals surface area contributed by atoms with Crippen LogP contribution in [0, 0.1) is 0 Å². The largest absolute Gasteiger partial charge is 0.396 e. The van der Waals surface area contributed by atoms with E-state index < -0.39 is 12.2 Å². The number of fused-ring (bicyclic) bond motifs is 1. The van der Waals surface area contributed by atoms with Crippen molar-refractivity contribution in [3.63, 3.8) is 0 Å². The molecular formula is C14H18O4. The van der Waals surface area contributed by atoms with E-state index in [1.54, 1.807) is 12.1 Å². The predicted molar refractivity (Wildman–Crippen MR) is 66.4 cm³/mol. The first-order valence-electron chi connectivity index (χ1n) is 6.26. The fourth-order valence-electron chi connectivity index (χ4n) is 2.34. The summed E-state index contributed by atoms with van der Waals surface area (Å²) in [5.74, 6) is 0.0990. The molecule has 0 bridgehead atoms. The molecule has 1 aliphatic rings. The van der Waals surface area contributed by atoms with Crippen molar-refractivity contribution in [3.05, 3.63) is 34.9 Å². The smallest absolute Gasteiger partial charge is 0.163 e. The van der Waals surface area contributed by atoms with Crippen LogP contribution in [0.15, 0.2) is 18.2 Å². The van der Waals surface area contributed by atoms with Gasteiger partial charge in [-0.3, -0.25) is 4.79 Å². The van der Waals surface area contributed by atoms with Crippen LogP contribution in [0.25, 0.3) is 0 Å². The quantitative estimate of drug-likeness (QED) is 0.744. The van der Waals surface area contributed by atoms with Crippen molar-refractivity contribution in [1.82, 2.24) is 0 Å². The lowest BCUT2D eigenvalue weighted by Crippen LogP contribution is -2.20. The number of hydrogen-bond donors (Lipinski definition) is 3. The van der Waals surface area contributed by atoms with Crippen LogP contribution in [0.4, 0.5) is 0 Å². The molecule has 4 heteroatoms. The maximum atomic E-state index is 11.8. The SMILES string of the molecule is O=C1CCCc2ccc(C(O)C(O)CCO)cc21. The molecule has 2 atom stereocenters. The molecular weight excluding hydrogens is 232 g/mol. The monoisotopic (exact) mass is 250 g/mol. The number of aliphatic hydroxyl groups excluding tert-OH is 3. The van der Waals surface area contributed by atoms with Crippen molar-refractivity contribution >= 4 is 5.78 Å². The first kappa shape index (κ1) is 13.2. The van der Waals surface area contributed by atoms with E-state index in [0.717, 1.165) is 18.4 Å². The van der Waals surface area contributed by atoms with Gasteiger partial charge in [0.15, 0.2) is 5.78 Å². The van der Waals surface area contributed by atoms with Gasteiger partial charge in [-0.05, 0) is 36.5 Å². The number of rotatable bonds is 4. The van der Waals surface area contributed by atoms with Crippen LogP contribution in [0.5, 0.6) is 0 Å². The van der Waals surface area contributed by atoms with E-state index >= 15 is 0 Å². The molecule has 0 heterocycles. The molecule has 2 rings (SSSR count). The Morgan fingerprint density at radius 3 is 2.72 bits per heavy atom. The molecule has 0 aromatic heterocycles. The van der Waals surface area contributed by atoms with Gasteiger partial charge in [0.2, 0.25) is 0 Å². The van der Waals surface area contributed by atoms with Gasteiger partial charge in [0.25, 0.3) is 0 Å². The van der Waals surface area contributed by atoms with E-state index in [1.165, 1.54) is 0 Å². The predicted octanol–water partition coefficient (Wildman–Crippen LogP) is 0.982. The Morgan fingerprint density at radius 1 is 1.22 bits per heavy atom. The van der Waals surface area contributed by atoms with E-state index in [1.807, 2.05) is 6.07 Å². The van der Waals surface area contributed by atoms with Crippen LogP contribution in [0.3, 0.4) is 0 Å². The number of carbonyl (C=O) groups excluding carboxylic acids is 1. The molecule has 0 aliphatic heterocycles. The molecule has 1 aromatic carbocycles. The van der Waals surface area contributed by atoms with Gasteiger partial charge < -0.3 is 15.3 Å². The van der Waals surface area contributed by atoms with E-state index in [4.69, 9.17) is 5.11 Å². The van der Waals surface area contributed by atoms with Gasteiger partial charge in [0, 0.05) is 18.6 Å². The lowest BCUT2D eigenvalue weighted by atomic mass is 9.88. The maximum absolute atomic E-state index is 11.8. The number of aliphatic hydroxyl groups is 3. The number of hydrogen-bond acceptors (Lipinski definition) is 4.